The number of carbonyl (C=O) groups is 1. The topological polar surface area (TPSA) is 72.9 Å². The van der Waals surface area contributed by atoms with Crippen LogP contribution in [0.4, 0.5) is 0 Å². The Morgan fingerprint density at radius 2 is 2.00 bits per heavy atom. The molecule has 1 aliphatic rings. The van der Waals surface area contributed by atoms with Gasteiger partial charge < -0.3 is 11.1 Å². The largest absolute Gasteiger partial charge is 0.352 e. The van der Waals surface area contributed by atoms with E-state index in [9.17, 15) is 4.79 Å². The van der Waals surface area contributed by atoms with Crippen molar-refractivity contribution in [2.24, 2.45) is 18.7 Å². The van der Waals surface area contributed by atoms with Crippen LogP contribution in [-0.4, -0.2) is 21.7 Å². The van der Waals surface area contributed by atoms with E-state index in [4.69, 9.17) is 5.73 Å². The van der Waals surface area contributed by atoms with E-state index >= 15 is 0 Å². The third-order valence-electron chi connectivity index (χ3n) is 4.24. The zero-order valence-electron chi connectivity index (χ0n) is 12.1. The van der Waals surface area contributed by atoms with E-state index in [1.807, 2.05) is 25.6 Å². The molecule has 0 saturated heterocycles. The predicted octanol–water partition coefficient (Wildman–Crippen LogP) is 1.17. The Hall–Kier alpha value is -1.36. The average molecular weight is 264 g/mol. The number of amides is 1. The highest BCUT2D eigenvalue weighted by Gasteiger charge is 2.24. The molecule has 0 aliphatic heterocycles. The van der Waals surface area contributed by atoms with Crippen molar-refractivity contribution in [1.82, 2.24) is 15.1 Å². The van der Waals surface area contributed by atoms with Crippen molar-refractivity contribution in [3.63, 3.8) is 0 Å². The second-order valence-electron chi connectivity index (χ2n) is 5.60. The third kappa shape index (κ3) is 3.15. The van der Waals surface area contributed by atoms with Crippen LogP contribution in [0, 0.1) is 19.8 Å². The van der Waals surface area contributed by atoms with Crippen LogP contribution in [0.2, 0.25) is 0 Å². The van der Waals surface area contributed by atoms with E-state index in [2.05, 4.69) is 10.4 Å². The zero-order valence-corrected chi connectivity index (χ0v) is 12.1. The maximum atomic E-state index is 12.1. The van der Waals surface area contributed by atoms with Crippen LogP contribution >= 0.6 is 0 Å². The first kappa shape index (κ1) is 14.1. The summed E-state index contributed by atoms with van der Waals surface area (Å²) in [7, 11) is 1.93. The molecular weight excluding hydrogens is 240 g/mol. The lowest BCUT2D eigenvalue weighted by molar-refractivity contribution is -0.126. The van der Waals surface area contributed by atoms with Crippen LogP contribution in [0.3, 0.4) is 0 Å². The summed E-state index contributed by atoms with van der Waals surface area (Å²) in [5, 5.41) is 7.41. The lowest BCUT2D eigenvalue weighted by Crippen LogP contribution is -2.36. The van der Waals surface area contributed by atoms with Gasteiger partial charge in [-0.1, -0.05) is 0 Å². The van der Waals surface area contributed by atoms with Gasteiger partial charge in [-0.15, -0.1) is 0 Å². The Morgan fingerprint density at radius 3 is 2.53 bits per heavy atom. The van der Waals surface area contributed by atoms with Gasteiger partial charge in [-0.3, -0.25) is 9.48 Å². The van der Waals surface area contributed by atoms with Gasteiger partial charge in [0.25, 0.3) is 0 Å². The van der Waals surface area contributed by atoms with E-state index in [0.29, 0.717) is 6.54 Å². The number of hydrogen-bond donors (Lipinski definition) is 2. The minimum atomic E-state index is 0.136. The van der Waals surface area contributed by atoms with Crippen molar-refractivity contribution in [2.45, 2.75) is 52.1 Å². The van der Waals surface area contributed by atoms with Crippen LogP contribution in [0.15, 0.2) is 0 Å². The Labute approximate surface area is 114 Å². The second-order valence-corrected chi connectivity index (χ2v) is 5.60. The SMILES string of the molecule is Cc1nn(C)c(C)c1CNC(=O)C1CCC(N)CC1. The first-order valence-corrected chi connectivity index (χ1v) is 7.01. The lowest BCUT2D eigenvalue weighted by atomic mass is 9.86. The number of nitrogens with one attached hydrogen (secondary N) is 1. The van der Waals surface area contributed by atoms with Gasteiger partial charge >= 0.3 is 0 Å². The van der Waals surface area contributed by atoms with Gasteiger partial charge in [-0.2, -0.15) is 5.10 Å². The molecule has 3 N–H and O–H groups in total. The van der Waals surface area contributed by atoms with Gasteiger partial charge in [0.15, 0.2) is 0 Å². The fourth-order valence-electron chi connectivity index (χ4n) is 2.77. The van der Waals surface area contributed by atoms with Crippen LogP contribution in [0.5, 0.6) is 0 Å². The number of carbonyl (C=O) groups excluding carboxylic acids is 1. The fraction of sp³-hybridized carbons (Fsp3) is 0.714. The van der Waals surface area contributed by atoms with Crippen LogP contribution in [0.25, 0.3) is 0 Å². The molecule has 1 aromatic heterocycles. The van der Waals surface area contributed by atoms with Crippen molar-refractivity contribution in [3.05, 3.63) is 17.0 Å². The van der Waals surface area contributed by atoms with Crippen LogP contribution in [-0.2, 0) is 18.4 Å². The number of nitrogens with two attached hydrogens (primary N) is 1. The second kappa shape index (κ2) is 5.74. The summed E-state index contributed by atoms with van der Waals surface area (Å²) in [6.07, 6.45) is 3.75. The molecule has 0 spiro atoms. The van der Waals surface area contributed by atoms with Crippen molar-refractivity contribution in [2.75, 3.05) is 0 Å². The number of aryl methyl sites for hydroxylation is 2. The Kier molecular flexibility index (Phi) is 4.24. The maximum absolute atomic E-state index is 12.1. The number of rotatable bonds is 3. The summed E-state index contributed by atoms with van der Waals surface area (Å²) in [5.74, 6) is 0.298. The standard InChI is InChI=1S/C14H24N4O/c1-9-13(10(2)18(3)17-9)8-16-14(19)11-4-6-12(15)7-5-11/h11-12H,4-8,15H2,1-3H3,(H,16,19). The lowest BCUT2D eigenvalue weighted by Gasteiger charge is -2.25. The summed E-state index contributed by atoms with van der Waals surface area (Å²) >= 11 is 0. The highest BCUT2D eigenvalue weighted by molar-refractivity contribution is 5.78. The fourth-order valence-corrected chi connectivity index (χ4v) is 2.77. The molecule has 1 aromatic rings. The van der Waals surface area contributed by atoms with E-state index in [1.54, 1.807) is 0 Å². The van der Waals surface area contributed by atoms with E-state index < -0.39 is 0 Å². The Bertz CT molecular complexity index is 458. The molecule has 0 bridgehead atoms. The maximum Gasteiger partial charge on any atom is 0.223 e. The van der Waals surface area contributed by atoms with Gasteiger partial charge in [-0.25, -0.2) is 0 Å². The number of nitrogens with zero attached hydrogens (tertiary/aromatic N) is 2. The number of aromatic nitrogens is 2. The normalized spacial score (nSPS) is 23.4. The van der Waals surface area contributed by atoms with E-state index in [-0.39, 0.29) is 17.9 Å². The van der Waals surface area contributed by atoms with Crippen molar-refractivity contribution >= 4 is 5.91 Å². The summed E-state index contributed by atoms with van der Waals surface area (Å²) in [4.78, 5) is 12.1. The average Bonchev–Trinajstić information content (AvgIpc) is 2.62. The Morgan fingerprint density at radius 1 is 1.37 bits per heavy atom. The minimum Gasteiger partial charge on any atom is -0.352 e. The van der Waals surface area contributed by atoms with Crippen molar-refractivity contribution in [3.8, 4) is 0 Å². The van der Waals surface area contributed by atoms with Crippen LogP contribution in [0.1, 0.15) is 42.6 Å². The molecule has 0 unspecified atom stereocenters. The van der Waals surface area contributed by atoms with Gasteiger partial charge in [-0.05, 0) is 39.5 Å². The van der Waals surface area contributed by atoms with Crippen LogP contribution < -0.4 is 11.1 Å². The van der Waals surface area contributed by atoms with Crippen molar-refractivity contribution < 1.29 is 4.79 Å². The summed E-state index contributed by atoms with van der Waals surface area (Å²) in [5.41, 5.74) is 9.10. The molecule has 106 valence electrons. The molecule has 0 aromatic carbocycles. The zero-order chi connectivity index (χ0) is 14.0. The molecule has 0 atom stereocenters. The smallest absolute Gasteiger partial charge is 0.223 e. The Balaban J connectivity index is 1.90. The molecule has 1 aliphatic carbocycles. The molecule has 5 nitrogen and oxygen atoms in total. The molecule has 1 heterocycles. The third-order valence-corrected chi connectivity index (χ3v) is 4.24. The molecule has 1 saturated carbocycles. The number of hydrogen-bond acceptors (Lipinski definition) is 3. The molecule has 5 heteroatoms. The van der Waals surface area contributed by atoms with E-state index in [0.717, 1.165) is 42.6 Å². The molecule has 19 heavy (non-hydrogen) atoms. The van der Waals surface area contributed by atoms with E-state index in [1.165, 1.54) is 0 Å². The molecule has 1 fully saturated rings. The van der Waals surface area contributed by atoms with Crippen molar-refractivity contribution in [1.29, 1.82) is 0 Å². The van der Waals surface area contributed by atoms with Gasteiger partial charge in [0, 0.05) is 36.8 Å². The predicted molar refractivity (Wildman–Crippen MR) is 74.5 cm³/mol. The molecule has 1 amide bonds. The highest BCUT2D eigenvalue weighted by atomic mass is 16.1. The molecule has 2 rings (SSSR count). The quantitative estimate of drug-likeness (QED) is 0.860. The summed E-state index contributed by atoms with van der Waals surface area (Å²) in [6, 6.07) is 0.284. The first-order valence-electron chi connectivity index (χ1n) is 7.01. The monoisotopic (exact) mass is 264 g/mol. The van der Waals surface area contributed by atoms with Gasteiger partial charge in [0.1, 0.15) is 0 Å². The molecule has 0 radical (unpaired) electrons. The molecular formula is C14H24N4O. The highest BCUT2D eigenvalue weighted by Crippen LogP contribution is 2.23. The first-order chi connectivity index (χ1) is 8.99. The summed E-state index contributed by atoms with van der Waals surface area (Å²) < 4.78 is 1.86. The minimum absolute atomic E-state index is 0.136. The van der Waals surface area contributed by atoms with Gasteiger partial charge in [0.05, 0.1) is 5.69 Å². The van der Waals surface area contributed by atoms with Gasteiger partial charge in [0.2, 0.25) is 5.91 Å². The summed E-state index contributed by atoms with van der Waals surface area (Å²) in [6.45, 7) is 4.59.